The summed E-state index contributed by atoms with van der Waals surface area (Å²) in [7, 11) is 1.25. The van der Waals surface area contributed by atoms with Crippen molar-refractivity contribution < 1.29 is 23.9 Å². The SMILES string of the molecule is COC(=O)[C@@H](Cc1ccc(I)cc1)NC(=O)C[C@@H]1NC(=O)[C@H](Cc2ccccc2)NC1=O. The molecular formula is C23H24IN3O5. The Morgan fingerprint density at radius 3 is 2.25 bits per heavy atom. The molecule has 3 amide bonds. The predicted octanol–water partition coefficient (Wildman–Crippen LogP) is 1.11. The molecule has 32 heavy (non-hydrogen) atoms. The van der Waals surface area contributed by atoms with Crippen LogP contribution in [0.1, 0.15) is 17.5 Å². The number of hydrogen-bond donors (Lipinski definition) is 3. The first kappa shape index (κ1) is 23.7. The van der Waals surface area contributed by atoms with Crippen molar-refractivity contribution in [3.8, 4) is 0 Å². The van der Waals surface area contributed by atoms with Crippen LogP contribution in [0, 0.1) is 3.57 Å². The van der Waals surface area contributed by atoms with Gasteiger partial charge >= 0.3 is 5.97 Å². The topological polar surface area (TPSA) is 114 Å². The molecule has 1 fully saturated rings. The van der Waals surface area contributed by atoms with Gasteiger partial charge in [-0.1, -0.05) is 42.5 Å². The maximum Gasteiger partial charge on any atom is 0.328 e. The first-order chi connectivity index (χ1) is 15.4. The lowest BCUT2D eigenvalue weighted by molar-refractivity contribution is -0.145. The molecule has 3 N–H and O–H groups in total. The van der Waals surface area contributed by atoms with Gasteiger partial charge in [0.1, 0.15) is 18.1 Å². The van der Waals surface area contributed by atoms with Crippen LogP contribution < -0.4 is 16.0 Å². The number of nitrogens with one attached hydrogen (secondary N) is 3. The van der Waals surface area contributed by atoms with E-state index in [1.54, 1.807) is 0 Å². The van der Waals surface area contributed by atoms with Gasteiger partial charge in [-0.05, 0) is 45.9 Å². The molecule has 0 aromatic heterocycles. The molecule has 0 bridgehead atoms. The van der Waals surface area contributed by atoms with E-state index >= 15 is 0 Å². The van der Waals surface area contributed by atoms with Crippen LogP contribution in [0.4, 0.5) is 0 Å². The second-order valence-corrected chi connectivity index (χ2v) is 8.74. The van der Waals surface area contributed by atoms with Crippen molar-refractivity contribution in [1.82, 2.24) is 16.0 Å². The Morgan fingerprint density at radius 2 is 1.59 bits per heavy atom. The minimum atomic E-state index is -1.01. The fraction of sp³-hybridized carbons (Fsp3) is 0.304. The first-order valence-electron chi connectivity index (χ1n) is 10.1. The number of benzene rings is 2. The lowest BCUT2D eigenvalue weighted by Crippen LogP contribution is -2.63. The van der Waals surface area contributed by atoms with E-state index in [2.05, 4.69) is 38.5 Å². The van der Waals surface area contributed by atoms with Crippen molar-refractivity contribution in [2.45, 2.75) is 37.4 Å². The first-order valence-corrected chi connectivity index (χ1v) is 11.2. The summed E-state index contributed by atoms with van der Waals surface area (Å²) in [6, 6.07) is 14.3. The Hall–Kier alpha value is -2.95. The van der Waals surface area contributed by atoms with Crippen LogP contribution in [0.3, 0.4) is 0 Å². The summed E-state index contributed by atoms with van der Waals surface area (Å²) in [5, 5.41) is 7.91. The number of methoxy groups -OCH3 is 1. The monoisotopic (exact) mass is 549 g/mol. The van der Waals surface area contributed by atoms with Crippen LogP contribution in [0.5, 0.6) is 0 Å². The highest BCUT2D eigenvalue weighted by molar-refractivity contribution is 14.1. The quantitative estimate of drug-likeness (QED) is 0.338. The molecule has 8 nitrogen and oxygen atoms in total. The van der Waals surface area contributed by atoms with Crippen molar-refractivity contribution in [2.24, 2.45) is 0 Å². The molecular weight excluding hydrogens is 525 g/mol. The van der Waals surface area contributed by atoms with Gasteiger partial charge in [0.2, 0.25) is 17.7 Å². The summed E-state index contributed by atoms with van der Waals surface area (Å²) >= 11 is 2.18. The van der Waals surface area contributed by atoms with Crippen molar-refractivity contribution >= 4 is 46.3 Å². The van der Waals surface area contributed by atoms with Crippen molar-refractivity contribution in [2.75, 3.05) is 7.11 Å². The Bertz CT molecular complexity index is 981. The molecule has 0 radical (unpaired) electrons. The molecule has 0 aliphatic carbocycles. The van der Waals surface area contributed by atoms with Gasteiger partial charge in [0.25, 0.3) is 0 Å². The Kier molecular flexibility index (Phi) is 8.20. The highest BCUT2D eigenvalue weighted by Crippen LogP contribution is 2.11. The highest BCUT2D eigenvalue weighted by atomic mass is 127. The van der Waals surface area contributed by atoms with Crippen molar-refractivity contribution in [3.63, 3.8) is 0 Å². The van der Waals surface area contributed by atoms with Gasteiger partial charge in [-0.25, -0.2) is 4.79 Å². The third kappa shape index (κ3) is 6.52. The van der Waals surface area contributed by atoms with E-state index in [-0.39, 0.29) is 18.7 Å². The van der Waals surface area contributed by atoms with Crippen LogP contribution in [0.25, 0.3) is 0 Å². The van der Waals surface area contributed by atoms with Crippen LogP contribution in [0.2, 0.25) is 0 Å². The maximum absolute atomic E-state index is 12.6. The van der Waals surface area contributed by atoms with E-state index in [1.807, 2.05) is 54.6 Å². The molecule has 1 aliphatic rings. The van der Waals surface area contributed by atoms with Crippen molar-refractivity contribution in [1.29, 1.82) is 0 Å². The third-order valence-corrected chi connectivity index (χ3v) is 5.83. The zero-order valence-corrected chi connectivity index (χ0v) is 19.6. The molecule has 0 spiro atoms. The van der Waals surface area contributed by atoms with E-state index in [0.29, 0.717) is 6.42 Å². The Morgan fingerprint density at radius 1 is 0.969 bits per heavy atom. The number of carbonyl (C=O) groups is 4. The molecule has 9 heteroatoms. The van der Waals surface area contributed by atoms with Gasteiger partial charge < -0.3 is 20.7 Å². The largest absolute Gasteiger partial charge is 0.467 e. The molecule has 0 saturated carbocycles. The zero-order valence-electron chi connectivity index (χ0n) is 17.5. The van der Waals surface area contributed by atoms with Crippen LogP contribution >= 0.6 is 22.6 Å². The number of ether oxygens (including phenoxy) is 1. The molecule has 1 aliphatic heterocycles. The average Bonchev–Trinajstić information content (AvgIpc) is 2.78. The van der Waals surface area contributed by atoms with Gasteiger partial charge in [-0.3, -0.25) is 14.4 Å². The van der Waals surface area contributed by atoms with Gasteiger partial charge in [0, 0.05) is 16.4 Å². The Labute approximate surface area is 199 Å². The zero-order chi connectivity index (χ0) is 23.1. The number of piperazine rings is 1. The van der Waals surface area contributed by atoms with Crippen LogP contribution in [0.15, 0.2) is 54.6 Å². The predicted molar refractivity (Wildman–Crippen MR) is 125 cm³/mol. The van der Waals surface area contributed by atoms with E-state index < -0.39 is 35.9 Å². The Balaban J connectivity index is 1.57. The molecule has 2 aromatic rings. The smallest absolute Gasteiger partial charge is 0.328 e. The summed E-state index contributed by atoms with van der Waals surface area (Å²) in [6.45, 7) is 0. The molecule has 3 atom stereocenters. The normalized spacial score (nSPS) is 18.8. The molecule has 1 heterocycles. The molecule has 3 rings (SSSR count). The van der Waals surface area contributed by atoms with Gasteiger partial charge in [0.15, 0.2) is 0 Å². The van der Waals surface area contributed by atoms with E-state index in [4.69, 9.17) is 4.74 Å². The summed E-state index contributed by atoms with van der Waals surface area (Å²) in [6.07, 6.45) is 0.325. The standard InChI is InChI=1S/C23H24IN3O5/c1-32-23(31)19(12-15-7-9-16(24)10-8-15)25-20(28)13-18-22(30)26-17(21(29)27-18)11-14-5-3-2-4-6-14/h2-10,17-19H,11-13H2,1H3,(H,25,28)(H,26,30)(H,27,29)/t17-,18-,19+/m0/s1. The number of esters is 1. The van der Waals surface area contributed by atoms with Gasteiger partial charge in [-0.15, -0.1) is 0 Å². The summed E-state index contributed by atoms with van der Waals surface area (Å²) in [5.74, 6) is -1.91. The second-order valence-electron chi connectivity index (χ2n) is 7.49. The second kappa shape index (κ2) is 11.1. The summed E-state index contributed by atoms with van der Waals surface area (Å²) in [5.41, 5.74) is 1.77. The lowest BCUT2D eigenvalue weighted by Gasteiger charge is -2.29. The van der Waals surface area contributed by atoms with E-state index in [1.165, 1.54) is 7.11 Å². The van der Waals surface area contributed by atoms with E-state index in [0.717, 1.165) is 14.7 Å². The number of rotatable bonds is 8. The minimum absolute atomic E-state index is 0.248. The fourth-order valence-electron chi connectivity index (χ4n) is 3.44. The highest BCUT2D eigenvalue weighted by Gasteiger charge is 2.35. The van der Waals surface area contributed by atoms with Gasteiger partial charge in [-0.2, -0.15) is 0 Å². The number of carbonyl (C=O) groups excluding carboxylic acids is 4. The van der Waals surface area contributed by atoms with Crippen molar-refractivity contribution in [3.05, 3.63) is 69.3 Å². The molecule has 168 valence electrons. The number of amides is 3. The maximum atomic E-state index is 12.6. The third-order valence-electron chi connectivity index (χ3n) is 5.11. The van der Waals surface area contributed by atoms with Crippen LogP contribution in [-0.4, -0.2) is 48.9 Å². The number of hydrogen-bond acceptors (Lipinski definition) is 5. The fourth-order valence-corrected chi connectivity index (χ4v) is 3.80. The van der Waals surface area contributed by atoms with E-state index in [9.17, 15) is 19.2 Å². The average molecular weight is 549 g/mol. The minimum Gasteiger partial charge on any atom is -0.467 e. The lowest BCUT2D eigenvalue weighted by atomic mass is 10.0. The van der Waals surface area contributed by atoms with Gasteiger partial charge in [0.05, 0.1) is 13.5 Å². The summed E-state index contributed by atoms with van der Waals surface area (Å²) < 4.78 is 5.85. The molecule has 2 aromatic carbocycles. The van der Waals surface area contributed by atoms with Crippen LogP contribution in [-0.2, 0) is 36.8 Å². The number of halogens is 1. The summed E-state index contributed by atoms with van der Waals surface area (Å²) in [4.78, 5) is 49.6. The molecule has 1 saturated heterocycles. The molecule has 0 unspecified atom stereocenters.